The molecule has 0 aliphatic heterocycles. The molecule has 0 bridgehead atoms. The number of aryl methyl sites for hydroxylation is 1. The highest BCUT2D eigenvalue weighted by Crippen LogP contribution is 2.13. The van der Waals surface area contributed by atoms with E-state index in [1.165, 1.54) is 0 Å². The standard InChI is InChI=1S/C8H11ClN2O2/c1-11-4-5(3-7(11)9)2-6(10)8(12)13/h3-4,6H,2,10H2,1H3,(H,12,13). The van der Waals surface area contributed by atoms with Crippen LogP contribution in [0.4, 0.5) is 0 Å². The van der Waals surface area contributed by atoms with Crippen LogP contribution in [0.15, 0.2) is 12.3 Å². The summed E-state index contributed by atoms with van der Waals surface area (Å²) in [5.41, 5.74) is 6.19. The van der Waals surface area contributed by atoms with Gasteiger partial charge in [-0.25, -0.2) is 0 Å². The highest BCUT2D eigenvalue weighted by molar-refractivity contribution is 6.29. The van der Waals surface area contributed by atoms with E-state index in [1.54, 1.807) is 23.9 Å². The lowest BCUT2D eigenvalue weighted by Crippen LogP contribution is -2.32. The van der Waals surface area contributed by atoms with E-state index in [2.05, 4.69) is 0 Å². The van der Waals surface area contributed by atoms with Gasteiger partial charge in [0.25, 0.3) is 0 Å². The minimum Gasteiger partial charge on any atom is -0.480 e. The first kappa shape index (κ1) is 10.1. The van der Waals surface area contributed by atoms with Crippen molar-refractivity contribution >= 4 is 17.6 Å². The second kappa shape index (κ2) is 3.81. The number of nitrogens with two attached hydrogens (primary N) is 1. The Hall–Kier alpha value is -1.00. The lowest BCUT2D eigenvalue weighted by Gasteiger charge is -2.02. The van der Waals surface area contributed by atoms with Crippen LogP contribution in [0.2, 0.25) is 5.15 Å². The lowest BCUT2D eigenvalue weighted by atomic mass is 10.1. The van der Waals surface area contributed by atoms with Crippen molar-refractivity contribution in [3.05, 3.63) is 23.0 Å². The third-order valence-electron chi connectivity index (χ3n) is 1.77. The molecule has 1 aromatic rings. The maximum atomic E-state index is 10.4. The zero-order valence-electron chi connectivity index (χ0n) is 7.20. The number of aliphatic carboxylic acids is 1. The molecule has 0 aliphatic carbocycles. The summed E-state index contributed by atoms with van der Waals surface area (Å²) in [5.74, 6) is -1.00. The number of rotatable bonds is 3. The molecular weight excluding hydrogens is 192 g/mol. The molecule has 0 saturated carbocycles. The predicted octanol–water partition coefficient (Wildman–Crippen LogP) is 0.633. The number of carbonyl (C=O) groups is 1. The van der Waals surface area contributed by atoms with Crippen LogP contribution in [0, 0.1) is 0 Å². The molecule has 1 heterocycles. The van der Waals surface area contributed by atoms with Crippen LogP contribution >= 0.6 is 11.6 Å². The van der Waals surface area contributed by atoms with Crippen molar-refractivity contribution in [2.24, 2.45) is 12.8 Å². The number of hydrogen-bond donors (Lipinski definition) is 2. The minimum absolute atomic E-state index is 0.301. The van der Waals surface area contributed by atoms with Crippen LogP contribution in [0.3, 0.4) is 0 Å². The summed E-state index contributed by atoms with van der Waals surface area (Å²) in [6.07, 6.45) is 2.07. The molecule has 5 heteroatoms. The van der Waals surface area contributed by atoms with Crippen LogP contribution in [-0.4, -0.2) is 21.7 Å². The number of halogens is 1. The Kier molecular flexibility index (Phi) is 2.95. The van der Waals surface area contributed by atoms with Gasteiger partial charge in [0, 0.05) is 13.2 Å². The summed E-state index contributed by atoms with van der Waals surface area (Å²) in [7, 11) is 1.79. The Morgan fingerprint density at radius 1 is 1.85 bits per heavy atom. The van der Waals surface area contributed by atoms with Gasteiger partial charge in [-0.2, -0.15) is 0 Å². The first-order valence-electron chi connectivity index (χ1n) is 3.80. The van der Waals surface area contributed by atoms with Crippen LogP contribution in [0.5, 0.6) is 0 Å². The van der Waals surface area contributed by atoms with E-state index >= 15 is 0 Å². The van der Waals surface area contributed by atoms with Gasteiger partial charge in [0.05, 0.1) is 0 Å². The van der Waals surface area contributed by atoms with E-state index in [0.717, 1.165) is 5.56 Å². The molecule has 0 saturated heterocycles. The Morgan fingerprint density at radius 2 is 2.46 bits per heavy atom. The van der Waals surface area contributed by atoms with Crippen molar-refractivity contribution in [3.63, 3.8) is 0 Å². The molecule has 0 fully saturated rings. The van der Waals surface area contributed by atoms with Crippen molar-refractivity contribution in [2.45, 2.75) is 12.5 Å². The second-order valence-corrected chi connectivity index (χ2v) is 3.32. The van der Waals surface area contributed by atoms with Crippen molar-refractivity contribution in [1.29, 1.82) is 0 Å². The highest BCUT2D eigenvalue weighted by Gasteiger charge is 2.13. The lowest BCUT2D eigenvalue weighted by molar-refractivity contribution is -0.138. The fourth-order valence-corrected chi connectivity index (χ4v) is 1.24. The van der Waals surface area contributed by atoms with Gasteiger partial charge in [0.15, 0.2) is 0 Å². The SMILES string of the molecule is Cn1cc(CC(N)C(=O)O)cc1Cl. The van der Waals surface area contributed by atoms with Gasteiger partial charge >= 0.3 is 5.97 Å². The molecular formula is C8H11ClN2O2. The summed E-state index contributed by atoms with van der Waals surface area (Å²) in [5, 5.41) is 9.13. The van der Waals surface area contributed by atoms with Crippen LogP contribution in [0.25, 0.3) is 0 Å². The molecule has 0 aromatic carbocycles. The zero-order valence-corrected chi connectivity index (χ0v) is 7.95. The molecule has 4 nitrogen and oxygen atoms in total. The first-order valence-corrected chi connectivity index (χ1v) is 4.17. The van der Waals surface area contributed by atoms with Gasteiger partial charge in [0.2, 0.25) is 0 Å². The largest absolute Gasteiger partial charge is 0.480 e. The van der Waals surface area contributed by atoms with Gasteiger partial charge in [-0.3, -0.25) is 4.79 Å². The van der Waals surface area contributed by atoms with E-state index in [4.69, 9.17) is 22.4 Å². The van der Waals surface area contributed by atoms with E-state index < -0.39 is 12.0 Å². The van der Waals surface area contributed by atoms with Crippen molar-refractivity contribution < 1.29 is 9.90 Å². The highest BCUT2D eigenvalue weighted by atomic mass is 35.5. The maximum absolute atomic E-state index is 10.4. The topological polar surface area (TPSA) is 68.2 Å². The number of hydrogen-bond acceptors (Lipinski definition) is 2. The van der Waals surface area contributed by atoms with Gasteiger partial charge in [0.1, 0.15) is 11.2 Å². The molecule has 72 valence electrons. The maximum Gasteiger partial charge on any atom is 0.320 e. The number of nitrogens with zero attached hydrogens (tertiary/aromatic N) is 1. The Morgan fingerprint density at radius 3 is 2.85 bits per heavy atom. The number of carboxylic acids is 1. The third kappa shape index (κ3) is 2.47. The van der Waals surface area contributed by atoms with E-state index in [-0.39, 0.29) is 0 Å². The van der Waals surface area contributed by atoms with Crippen LogP contribution in [0.1, 0.15) is 5.56 Å². The van der Waals surface area contributed by atoms with Crippen LogP contribution < -0.4 is 5.73 Å². The Bertz CT molecular complexity index is 302. The summed E-state index contributed by atoms with van der Waals surface area (Å²) in [6, 6.07) is 0.850. The quantitative estimate of drug-likeness (QED) is 0.756. The monoisotopic (exact) mass is 202 g/mol. The molecule has 1 unspecified atom stereocenters. The smallest absolute Gasteiger partial charge is 0.320 e. The molecule has 13 heavy (non-hydrogen) atoms. The van der Waals surface area contributed by atoms with Crippen molar-refractivity contribution in [1.82, 2.24) is 4.57 Å². The zero-order chi connectivity index (χ0) is 10.0. The predicted molar refractivity (Wildman–Crippen MR) is 49.7 cm³/mol. The van der Waals surface area contributed by atoms with E-state index in [1.807, 2.05) is 0 Å². The summed E-state index contributed by atoms with van der Waals surface area (Å²) in [6.45, 7) is 0. The molecule has 1 atom stereocenters. The summed E-state index contributed by atoms with van der Waals surface area (Å²) in [4.78, 5) is 10.4. The number of aromatic nitrogens is 1. The van der Waals surface area contributed by atoms with Crippen LogP contribution in [-0.2, 0) is 18.3 Å². The van der Waals surface area contributed by atoms with E-state index in [9.17, 15) is 4.79 Å². The molecule has 0 aliphatic rings. The average molecular weight is 203 g/mol. The van der Waals surface area contributed by atoms with Crippen molar-refractivity contribution in [3.8, 4) is 0 Å². The first-order chi connectivity index (χ1) is 6.00. The molecule has 0 amide bonds. The molecule has 1 rings (SSSR count). The molecule has 1 aromatic heterocycles. The second-order valence-electron chi connectivity index (χ2n) is 2.93. The fourth-order valence-electron chi connectivity index (χ4n) is 1.06. The van der Waals surface area contributed by atoms with E-state index in [0.29, 0.717) is 11.6 Å². The minimum atomic E-state index is -1.00. The molecule has 0 spiro atoms. The summed E-state index contributed by atoms with van der Waals surface area (Å²) >= 11 is 5.77. The van der Waals surface area contributed by atoms with Gasteiger partial charge in [-0.05, 0) is 18.1 Å². The fraction of sp³-hybridized carbons (Fsp3) is 0.375. The van der Waals surface area contributed by atoms with Gasteiger partial charge in [-0.1, -0.05) is 11.6 Å². The third-order valence-corrected chi connectivity index (χ3v) is 2.15. The van der Waals surface area contributed by atoms with Gasteiger partial charge < -0.3 is 15.4 Å². The summed E-state index contributed by atoms with van der Waals surface area (Å²) < 4.78 is 1.71. The molecule has 0 radical (unpaired) electrons. The molecule has 3 N–H and O–H groups in total. The number of carboxylic acid groups (broad SMARTS) is 1. The van der Waals surface area contributed by atoms with Gasteiger partial charge in [-0.15, -0.1) is 0 Å². The van der Waals surface area contributed by atoms with Crippen molar-refractivity contribution in [2.75, 3.05) is 0 Å². The Balaban J connectivity index is 2.69. The Labute approximate surface area is 80.9 Å². The normalized spacial score (nSPS) is 12.8. The average Bonchev–Trinajstić information content (AvgIpc) is 2.31.